The summed E-state index contributed by atoms with van der Waals surface area (Å²) in [6.07, 6.45) is 2.68. The Kier molecular flexibility index (Phi) is 9.40. The van der Waals surface area contributed by atoms with Crippen molar-refractivity contribution in [1.82, 2.24) is 5.32 Å². The molecule has 2 atom stereocenters. The van der Waals surface area contributed by atoms with E-state index in [1.165, 1.54) is 4.90 Å². The molecule has 2 rings (SSSR count). The molecule has 0 saturated carbocycles. The first kappa shape index (κ1) is 23.1. The number of anilines is 1. The minimum atomic E-state index is -1.12. The summed E-state index contributed by atoms with van der Waals surface area (Å²) in [4.78, 5) is 36.9. The first-order valence-corrected chi connectivity index (χ1v) is 8.74. The molecule has 1 aliphatic rings. The molecule has 1 heterocycles. The van der Waals surface area contributed by atoms with Crippen LogP contribution in [0.5, 0.6) is 0 Å². The fourth-order valence-corrected chi connectivity index (χ4v) is 3.18. The van der Waals surface area contributed by atoms with Crippen LogP contribution in [0.3, 0.4) is 0 Å². The van der Waals surface area contributed by atoms with Gasteiger partial charge in [-0.1, -0.05) is 24.6 Å². The molecule has 27 heavy (non-hydrogen) atoms. The standard InChI is InChI=1S/C18H25N3O5.BrH/c19-10-4-3-6-14(18(25)26)20-13-9-8-12-5-1-2-7-15(12)21(17(13)24)11-16(22)23;/h1-2,5,7,13-14,20H,3-4,6,8-11,19H2,(H,22,23)(H,25,26);1H. The lowest BCUT2D eigenvalue weighted by atomic mass is 10.0. The fourth-order valence-electron chi connectivity index (χ4n) is 3.18. The number of nitrogens with two attached hydrogens (primary N) is 1. The van der Waals surface area contributed by atoms with E-state index in [1.54, 1.807) is 12.1 Å². The molecule has 2 unspecified atom stereocenters. The molecule has 9 heteroatoms. The van der Waals surface area contributed by atoms with Crippen LogP contribution in [0.25, 0.3) is 0 Å². The third kappa shape index (κ3) is 6.30. The van der Waals surface area contributed by atoms with Gasteiger partial charge in [-0.25, -0.2) is 0 Å². The lowest BCUT2D eigenvalue weighted by Gasteiger charge is -2.26. The molecule has 1 amide bonds. The number of nitrogens with one attached hydrogen (secondary N) is 1. The van der Waals surface area contributed by atoms with Crippen LogP contribution in [0.1, 0.15) is 31.2 Å². The van der Waals surface area contributed by atoms with Gasteiger partial charge in [-0.15, -0.1) is 17.0 Å². The van der Waals surface area contributed by atoms with Gasteiger partial charge in [-0.05, 0) is 43.9 Å². The molecule has 5 N–H and O–H groups in total. The summed E-state index contributed by atoms with van der Waals surface area (Å²) in [5, 5.41) is 21.5. The Bertz CT molecular complexity index is 670. The van der Waals surface area contributed by atoms with Crippen molar-refractivity contribution in [2.24, 2.45) is 5.73 Å². The molecule has 1 aromatic rings. The number of aryl methyl sites for hydroxylation is 1. The highest BCUT2D eigenvalue weighted by Gasteiger charge is 2.33. The molecular formula is C18H26BrN3O5. The molecule has 0 aromatic heterocycles. The Morgan fingerprint density at radius 3 is 2.59 bits per heavy atom. The van der Waals surface area contributed by atoms with Crippen molar-refractivity contribution in [1.29, 1.82) is 0 Å². The van der Waals surface area contributed by atoms with Gasteiger partial charge in [0.25, 0.3) is 0 Å². The number of unbranched alkanes of at least 4 members (excludes halogenated alkanes) is 1. The normalized spacial score (nSPS) is 17.4. The third-order valence-electron chi connectivity index (χ3n) is 4.49. The van der Waals surface area contributed by atoms with Crippen LogP contribution in [-0.2, 0) is 20.8 Å². The number of para-hydroxylation sites is 1. The summed E-state index contributed by atoms with van der Waals surface area (Å²) in [6, 6.07) is 5.54. The molecule has 8 nitrogen and oxygen atoms in total. The first-order valence-electron chi connectivity index (χ1n) is 8.74. The number of halogens is 1. The number of carbonyl (C=O) groups excluding carboxylic acids is 1. The van der Waals surface area contributed by atoms with Crippen molar-refractivity contribution in [3.8, 4) is 0 Å². The summed E-state index contributed by atoms with van der Waals surface area (Å²) < 4.78 is 0. The van der Waals surface area contributed by atoms with Crippen LogP contribution in [0.4, 0.5) is 5.69 Å². The van der Waals surface area contributed by atoms with E-state index in [0.29, 0.717) is 44.3 Å². The summed E-state index contributed by atoms with van der Waals surface area (Å²) in [7, 11) is 0. The van der Waals surface area contributed by atoms with Crippen molar-refractivity contribution in [2.45, 2.75) is 44.2 Å². The molecule has 0 bridgehead atoms. The van der Waals surface area contributed by atoms with Gasteiger partial charge in [0, 0.05) is 5.69 Å². The summed E-state index contributed by atoms with van der Waals surface area (Å²) >= 11 is 0. The highest BCUT2D eigenvalue weighted by molar-refractivity contribution is 8.93. The Morgan fingerprint density at radius 2 is 1.96 bits per heavy atom. The predicted molar refractivity (Wildman–Crippen MR) is 106 cm³/mol. The van der Waals surface area contributed by atoms with Gasteiger partial charge >= 0.3 is 11.9 Å². The second-order valence-electron chi connectivity index (χ2n) is 6.38. The number of rotatable bonds is 9. The zero-order valence-corrected chi connectivity index (χ0v) is 16.7. The monoisotopic (exact) mass is 443 g/mol. The predicted octanol–water partition coefficient (Wildman–Crippen LogP) is 1.17. The van der Waals surface area contributed by atoms with E-state index in [0.717, 1.165) is 5.56 Å². The second kappa shape index (κ2) is 11.0. The number of nitrogens with zero attached hydrogens (tertiary/aromatic N) is 1. The molecule has 150 valence electrons. The Balaban J connectivity index is 0.00000364. The summed E-state index contributed by atoms with van der Waals surface area (Å²) in [5.41, 5.74) is 6.89. The topological polar surface area (TPSA) is 133 Å². The summed E-state index contributed by atoms with van der Waals surface area (Å²) in [6.45, 7) is 0.0232. The van der Waals surface area contributed by atoms with E-state index in [9.17, 15) is 24.6 Å². The van der Waals surface area contributed by atoms with E-state index >= 15 is 0 Å². The minimum Gasteiger partial charge on any atom is -0.480 e. The molecular weight excluding hydrogens is 418 g/mol. The van der Waals surface area contributed by atoms with Crippen molar-refractivity contribution in [2.75, 3.05) is 18.0 Å². The number of carboxylic acids is 2. The van der Waals surface area contributed by atoms with Gasteiger partial charge in [0.2, 0.25) is 5.91 Å². The molecule has 0 saturated heterocycles. The van der Waals surface area contributed by atoms with E-state index in [2.05, 4.69) is 5.32 Å². The zero-order chi connectivity index (χ0) is 19.1. The Labute approximate surface area is 168 Å². The smallest absolute Gasteiger partial charge is 0.323 e. The molecule has 0 aliphatic carbocycles. The van der Waals surface area contributed by atoms with Crippen LogP contribution in [0.2, 0.25) is 0 Å². The van der Waals surface area contributed by atoms with Crippen LogP contribution < -0.4 is 16.0 Å². The number of hydrogen-bond acceptors (Lipinski definition) is 5. The number of benzene rings is 1. The number of fused-ring (bicyclic) bond motifs is 1. The van der Waals surface area contributed by atoms with Gasteiger partial charge in [-0.2, -0.15) is 0 Å². The van der Waals surface area contributed by atoms with Gasteiger partial charge in [0.1, 0.15) is 12.6 Å². The quantitative estimate of drug-likeness (QED) is 0.420. The fraction of sp³-hybridized carbons (Fsp3) is 0.500. The number of hydrogen-bond donors (Lipinski definition) is 4. The van der Waals surface area contributed by atoms with Gasteiger partial charge in [0.05, 0.1) is 6.04 Å². The summed E-state index contributed by atoms with van der Waals surface area (Å²) in [5.74, 6) is -2.56. The highest BCUT2D eigenvalue weighted by Crippen LogP contribution is 2.27. The molecule has 0 radical (unpaired) electrons. The van der Waals surface area contributed by atoms with E-state index in [-0.39, 0.29) is 17.0 Å². The van der Waals surface area contributed by atoms with Gasteiger partial charge in [-0.3, -0.25) is 24.6 Å². The lowest BCUT2D eigenvalue weighted by Crippen LogP contribution is -2.52. The second-order valence-corrected chi connectivity index (χ2v) is 6.38. The maximum absolute atomic E-state index is 12.9. The average Bonchev–Trinajstić information content (AvgIpc) is 2.72. The highest BCUT2D eigenvalue weighted by atomic mass is 79.9. The van der Waals surface area contributed by atoms with Crippen LogP contribution in [0, 0.1) is 0 Å². The van der Waals surface area contributed by atoms with E-state index in [1.807, 2.05) is 12.1 Å². The average molecular weight is 444 g/mol. The number of amides is 1. The van der Waals surface area contributed by atoms with Crippen molar-refractivity contribution in [3.05, 3.63) is 29.8 Å². The Hall–Kier alpha value is -1.97. The lowest BCUT2D eigenvalue weighted by molar-refractivity contribution is -0.140. The molecule has 1 aromatic carbocycles. The Morgan fingerprint density at radius 1 is 1.26 bits per heavy atom. The zero-order valence-electron chi connectivity index (χ0n) is 15.0. The molecule has 0 spiro atoms. The van der Waals surface area contributed by atoms with Crippen molar-refractivity contribution >= 4 is 40.5 Å². The van der Waals surface area contributed by atoms with Gasteiger partial charge < -0.3 is 15.9 Å². The number of carbonyl (C=O) groups is 3. The SMILES string of the molecule is Br.NCCCCC(NC1CCc2ccccc2N(CC(=O)O)C1=O)C(=O)O. The third-order valence-corrected chi connectivity index (χ3v) is 4.49. The van der Waals surface area contributed by atoms with E-state index in [4.69, 9.17) is 5.73 Å². The molecule has 1 aliphatic heterocycles. The largest absolute Gasteiger partial charge is 0.480 e. The van der Waals surface area contributed by atoms with Gasteiger partial charge in [0.15, 0.2) is 0 Å². The number of carboxylic acid groups (broad SMARTS) is 2. The van der Waals surface area contributed by atoms with Crippen LogP contribution in [0.15, 0.2) is 24.3 Å². The van der Waals surface area contributed by atoms with Crippen molar-refractivity contribution in [3.63, 3.8) is 0 Å². The molecule has 0 fully saturated rings. The minimum absolute atomic E-state index is 0. The first-order chi connectivity index (χ1) is 12.4. The maximum atomic E-state index is 12.9. The number of aliphatic carboxylic acids is 2. The maximum Gasteiger partial charge on any atom is 0.323 e. The van der Waals surface area contributed by atoms with E-state index < -0.39 is 36.5 Å². The van der Waals surface area contributed by atoms with Crippen LogP contribution >= 0.6 is 17.0 Å². The van der Waals surface area contributed by atoms with Crippen LogP contribution in [-0.4, -0.2) is 53.2 Å². The van der Waals surface area contributed by atoms with Crippen molar-refractivity contribution < 1.29 is 24.6 Å².